The maximum atomic E-state index is 12.6. The summed E-state index contributed by atoms with van der Waals surface area (Å²) in [7, 11) is 0. The Kier molecular flexibility index (Phi) is 6.70. The van der Waals surface area contributed by atoms with Gasteiger partial charge in [-0.15, -0.1) is 0 Å². The number of ether oxygens (including phenoxy) is 1. The second-order valence-electron chi connectivity index (χ2n) is 7.78. The van der Waals surface area contributed by atoms with E-state index in [1.165, 1.54) is 12.8 Å². The van der Waals surface area contributed by atoms with Crippen molar-refractivity contribution < 1.29 is 14.3 Å². The lowest BCUT2D eigenvalue weighted by atomic mass is 9.85. The van der Waals surface area contributed by atoms with Crippen LogP contribution in [0.3, 0.4) is 0 Å². The lowest BCUT2D eigenvalue weighted by Crippen LogP contribution is -2.48. The van der Waals surface area contributed by atoms with Gasteiger partial charge in [0.2, 0.25) is 0 Å². The first-order valence-electron chi connectivity index (χ1n) is 10.2. The van der Waals surface area contributed by atoms with Crippen LogP contribution in [0.1, 0.15) is 70.3 Å². The lowest BCUT2D eigenvalue weighted by molar-refractivity contribution is -0.125. The molecular formula is C22H31NO3. The van der Waals surface area contributed by atoms with Gasteiger partial charge in [0, 0.05) is 24.4 Å². The Morgan fingerprint density at radius 2 is 1.73 bits per heavy atom. The highest BCUT2D eigenvalue weighted by molar-refractivity contribution is 5.81. The smallest absolute Gasteiger partial charge is 0.410 e. The van der Waals surface area contributed by atoms with Crippen molar-refractivity contribution in [1.82, 2.24) is 4.90 Å². The Balaban J connectivity index is 1.48. The fraction of sp³-hybridized carbons (Fsp3) is 0.636. The van der Waals surface area contributed by atoms with E-state index in [0.717, 1.165) is 44.1 Å². The molecule has 0 aromatic heterocycles. The Morgan fingerprint density at radius 1 is 1.04 bits per heavy atom. The van der Waals surface area contributed by atoms with Crippen molar-refractivity contribution in [3.05, 3.63) is 35.9 Å². The number of carbonyl (C=O) groups excluding carboxylic acids is 2. The number of hydrogen-bond acceptors (Lipinski definition) is 3. The molecule has 2 atom stereocenters. The number of piperidine rings is 1. The Morgan fingerprint density at radius 3 is 2.38 bits per heavy atom. The summed E-state index contributed by atoms with van der Waals surface area (Å²) in [6.07, 6.45) is 8.73. The second kappa shape index (κ2) is 9.20. The van der Waals surface area contributed by atoms with E-state index in [1.54, 1.807) is 0 Å². The zero-order chi connectivity index (χ0) is 18.4. The van der Waals surface area contributed by atoms with Gasteiger partial charge in [0.1, 0.15) is 12.4 Å². The first-order chi connectivity index (χ1) is 12.7. The van der Waals surface area contributed by atoms with Gasteiger partial charge in [-0.1, -0.05) is 56.5 Å². The van der Waals surface area contributed by atoms with E-state index in [4.69, 9.17) is 4.74 Å². The fourth-order valence-corrected chi connectivity index (χ4v) is 4.46. The van der Waals surface area contributed by atoms with E-state index in [0.29, 0.717) is 18.8 Å². The summed E-state index contributed by atoms with van der Waals surface area (Å²) in [5, 5.41) is 0. The van der Waals surface area contributed by atoms with Gasteiger partial charge in [0.05, 0.1) is 0 Å². The molecule has 2 saturated heterocycles. The molecule has 142 valence electrons. The van der Waals surface area contributed by atoms with Crippen LogP contribution in [0.5, 0.6) is 0 Å². The summed E-state index contributed by atoms with van der Waals surface area (Å²) in [6, 6.07) is 10.1. The van der Waals surface area contributed by atoms with Crippen LogP contribution in [0, 0.1) is 5.92 Å². The first kappa shape index (κ1) is 18.9. The number of Topliss-reactive ketones (excluding diaryl/α,β-unsaturated/α-hetero) is 1. The molecule has 2 fully saturated rings. The standard InChI is InChI=1S/C22H31NO3/c1-2-3-4-8-11-21(24)18-14-19-12-13-20(15-18)23(19)22(25)26-16-17-9-6-5-7-10-17/h5-7,9-10,18-20H,2-4,8,11-16H2,1H3. The SMILES string of the molecule is CCCCCCC(=O)C1CC2CCC(C1)N2C(=O)OCc1ccccc1. The average molecular weight is 357 g/mol. The summed E-state index contributed by atoms with van der Waals surface area (Å²) >= 11 is 0. The highest BCUT2D eigenvalue weighted by atomic mass is 16.6. The van der Waals surface area contributed by atoms with Crippen LogP contribution in [-0.2, 0) is 16.1 Å². The van der Waals surface area contributed by atoms with E-state index in [2.05, 4.69) is 6.92 Å². The van der Waals surface area contributed by atoms with E-state index < -0.39 is 0 Å². The zero-order valence-corrected chi connectivity index (χ0v) is 15.9. The Labute approximate surface area is 156 Å². The van der Waals surface area contributed by atoms with Crippen LogP contribution in [0.4, 0.5) is 4.79 Å². The highest BCUT2D eigenvalue weighted by Crippen LogP contribution is 2.40. The van der Waals surface area contributed by atoms with Crippen LogP contribution in [0.2, 0.25) is 0 Å². The molecule has 2 heterocycles. The van der Waals surface area contributed by atoms with Gasteiger partial charge in [-0.25, -0.2) is 4.79 Å². The summed E-state index contributed by atoms with van der Waals surface area (Å²) < 4.78 is 5.54. The molecule has 4 heteroatoms. The summed E-state index contributed by atoms with van der Waals surface area (Å²) in [6.45, 7) is 2.50. The fourth-order valence-electron chi connectivity index (χ4n) is 4.46. The van der Waals surface area contributed by atoms with E-state index in [1.807, 2.05) is 35.2 Å². The first-order valence-corrected chi connectivity index (χ1v) is 10.2. The van der Waals surface area contributed by atoms with Gasteiger partial charge >= 0.3 is 6.09 Å². The molecule has 0 saturated carbocycles. The maximum Gasteiger partial charge on any atom is 0.410 e. The third-order valence-corrected chi connectivity index (χ3v) is 5.88. The molecule has 1 aromatic carbocycles. The zero-order valence-electron chi connectivity index (χ0n) is 15.9. The van der Waals surface area contributed by atoms with Gasteiger partial charge in [0.25, 0.3) is 0 Å². The molecule has 1 aromatic rings. The highest BCUT2D eigenvalue weighted by Gasteiger charge is 2.45. The molecule has 26 heavy (non-hydrogen) atoms. The molecule has 0 aliphatic carbocycles. The monoisotopic (exact) mass is 357 g/mol. The van der Waals surface area contributed by atoms with Crippen molar-refractivity contribution in [2.24, 2.45) is 5.92 Å². The van der Waals surface area contributed by atoms with Crippen LogP contribution < -0.4 is 0 Å². The quantitative estimate of drug-likeness (QED) is 0.608. The molecule has 2 aliphatic heterocycles. The van der Waals surface area contributed by atoms with E-state index >= 15 is 0 Å². The van der Waals surface area contributed by atoms with E-state index in [9.17, 15) is 9.59 Å². The maximum absolute atomic E-state index is 12.6. The number of fused-ring (bicyclic) bond motifs is 2. The molecule has 1 amide bonds. The third-order valence-electron chi connectivity index (χ3n) is 5.88. The number of rotatable bonds is 8. The normalized spacial score (nSPS) is 24.5. The summed E-state index contributed by atoms with van der Waals surface area (Å²) in [5.74, 6) is 0.558. The van der Waals surface area contributed by atoms with Crippen LogP contribution in [0.15, 0.2) is 30.3 Å². The minimum absolute atomic E-state index is 0.146. The van der Waals surface area contributed by atoms with Gasteiger partial charge in [-0.2, -0.15) is 0 Å². The molecule has 2 bridgehead atoms. The average Bonchev–Trinajstić information content (AvgIpc) is 2.93. The molecular weight excluding hydrogens is 326 g/mol. The van der Waals surface area contributed by atoms with Gasteiger partial charge in [0.15, 0.2) is 0 Å². The van der Waals surface area contributed by atoms with Crippen LogP contribution in [0.25, 0.3) is 0 Å². The minimum Gasteiger partial charge on any atom is -0.445 e. The van der Waals surface area contributed by atoms with E-state index in [-0.39, 0.29) is 24.1 Å². The minimum atomic E-state index is -0.213. The molecule has 2 aliphatic rings. The second-order valence-corrected chi connectivity index (χ2v) is 7.78. The number of hydrogen-bond donors (Lipinski definition) is 0. The van der Waals surface area contributed by atoms with Crippen molar-refractivity contribution in [2.45, 2.75) is 83.4 Å². The molecule has 3 rings (SSSR count). The molecule has 0 radical (unpaired) electrons. The van der Waals surface area contributed by atoms with Crippen molar-refractivity contribution in [2.75, 3.05) is 0 Å². The Hall–Kier alpha value is -1.84. The topological polar surface area (TPSA) is 46.6 Å². The van der Waals surface area contributed by atoms with Crippen molar-refractivity contribution in [3.8, 4) is 0 Å². The van der Waals surface area contributed by atoms with Gasteiger partial charge in [-0.3, -0.25) is 4.79 Å². The molecule has 4 nitrogen and oxygen atoms in total. The number of nitrogens with zero attached hydrogens (tertiary/aromatic N) is 1. The number of ketones is 1. The van der Waals surface area contributed by atoms with Crippen molar-refractivity contribution in [1.29, 1.82) is 0 Å². The van der Waals surface area contributed by atoms with Crippen LogP contribution >= 0.6 is 0 Å². The van der Waals surface area contributed by atoms with Crippen molar-refractivity contribution in [3.63, 3.8) is 0 Å². The third kappa shape index (κ3) is 4.66. The largest absolute Gasteiger partial charge is 0.445 e. The number of carbonyl (C=O) groups is 2. The Bertz CT molecular complexity index is 587. The lowest BCUT2D eigenvalue weighted by Gasteiger charge is -2.37. The van der Waals surface area contributed by atoms with Gasteiger partial charge in [-0.05, 0) is 37.7 Å². The molecule has 0 spiro atoms. The number of unbranched alkanes of at least 4 members (excludes halogenated alkanes) is 3. The van der Waals surface area contributed by atoms with Gasteiger partial charge < -0.3 is 9.64 Å². The summed E-state index contributed by atoms with van der Waals surface area (Å²) in [5.41, 5.74) is 1.00. The van der Waals surface area contributed by atoms with Crippen LogP contribution in [-0.4, -0.2) is 28.9 Å². The number of benzene rings is 1. The number of amides is 1. The molecule has 2 unspecified atom stereocenters. The van der Waals surface area contributed by atoms with Crippen molar-refractivity contribution >= 4 is 11.9 Å². The predicted octanol–water partition coefficient (Wildman–Crippen LogP) is 5.11. The molecule has 0 N–H and O–H groups in total. The summed E-state index contributed by atoms with van der Waals surface area (Å²) in [4.78, 5) is 27.0. The predicted molar refractivity (Wildman–Crippen MR) is 102 cm³/mol.